The molecule has 19 nitrogen and oxygen atoms in total. The molecule has 0 spiro atoms. The van der Waals surface area contributed by atoms with Gasteiger partial charge in [0.15, 0.2) is 5.82 Å². The summed E-state index contributed by atoms with van der Waals surface area (Å²) >= 11 is 7.88. The van der Waals surface area contributed by atoms with Crippen LogP contribution in [-0.4, -0.2) is 150 Å². The van der Waals surface area contributed by atoms with Crippen molar-refractivity contribution in [1.29, 1.82) is 0 Å². The molecule has 386 valence electrons. The zero-order valence-corrected chi connectivity index (χ0v) is 43.9. The molecule has 0 unspecified atom stereocenters. The molecular weight excluding hydrogens is 982 g/mol. The van der Waals surface area contributed by atoms with Crippen molar-refractivity contribution in [2.45, 2.75) is 58.8 Å². The van der Waals surface area contributed by atoms with Crippen LogP contribution in [0.15, 0.2) is 78.4 Å². The number of hydrogen-bond donors (Lipinski definition) is 6. The fourth-order valence-corrected chi connectivity index (χ4v) is 9.65. The highest BCUT2D eigenvalue weighted by molar-refractivity contribution is 7.67. The van der Waals surface area contributed by atoms with Crippen LogP contribution in [0.1, 0.15) is 38.4 Å². The molecule has 0 radical (unpaired) electrons. The van der Waals surface area contributed by atoms with Crippen LogP contribution in [0.3, 0.4) is 0 Å². The van der Waals surface area contributed by atoms with Gasteiger partial charge in [0.25, 0.3) is 0 Å². The Hall–Kier alpha value is -5.94. The summed E-state index contributed by atoms with van der Waals surface area (Å²) in [5.41, 5.74) is 7.09. The van der Waals surface area contributed by atoms with Crippen molar-refractivity contribution in [2.75, 3.05) is 99.7 Å². The molecule has 7 rings (SSSR count). The molecule has 0 saturated carbocycles. The lowest BCUT2D eigenvalue weighted by Crippen LogP contribution is -2.58. The van der Waals surface area contributed by atoms with E-state index in [0.29, 0.717) is 52.8 Å². The number of carbonyl (C=O) groups is 3. The second kappa shape index (κ2) is 25.1. The van der Waals surface area contributed by atoms with Crippen LogP contribution in [-0.2, 0) is 42.3 Å². The summed E-state index contributed by atoms with van der Waals surface area (Å²) in [5.74, 6) is 0.0310. The fourth-order valence-electron chi connectivity index (χ4n) is 8.44. The Bertz CT molecular complexity index is 2650. The smallest absolute Gasteiger partial charge is 0.246 e. The van der Waals surface area contributed by atoms with E-state index in [9.17, 15) is 23.7 Å². The molecule has 2 fully saturated rings. The van der Waals surface area contributed by atoms with E-state index in [0.717, 1.165) is 60.1 Å². The van der Waals surface area contributed by atoms with Crippen LogP contribution >= 0.6 is 22.9 Å². The number of aliphatic hydroxyl groups excluding tert-OH is 1. The number of thiazole rings is 1. The Balaban J connectivity index is 0.802. The van der Waals surface area contributed by atoms with Gasteiger partial charge in [-0.3, -0.25) is 23.6 Å². The fraction of sp³-hybridized carbons (Fsp3) is 0.440. The monoisotopic (exact) mass is 1050 g/mol. The number of nitrogens with one attached hydrogen (secondary N) is 4. The molecular formula is C50H64ClN11O8S2. The molecule has 3 aromatic carbocycles. The van der Waals surface area contributed by atoms with Crippen molar-refractivity contribution in [3.63, 3.8) is 0 Å². The number of thiol groups is 1. The number of halogens is 1. The Labute approximate surface area is 433 Å². The van der Waals surface area contributed by atoms with Gasteiger partial charge in [0.1, 0.15) is 41.3 Å². The number of anilines is 6. The molecule has 0 aliphatic carbocycles. The molecule has 3 atom stereocenters. The lowest BCUT2D eigenvalue weighted by molar-refractivity contribution is -0.144. The van der Waals surface area contributed by atoms with Gasteiger partial charge < -0.3 is 50.4 Å². The lowest BCUT2D eigenvalue weighted by atomic mass is 9.85. The first-order valence-electron chi connectivity index (χ1n) is 23.7. The highest BCUT2D eigenvalue weighted by Gasteiger charge is 2.44. The topological polar surface area (TPSA) is 216 Å². The maximum Gasteiger partial charge on any atom is 0.246 e. The van der Waals surface area contributed by atoms with Gasteiger partial charge in [-0.2, -0.15) is 4.98 Å². The third-order valence-electron chi connectivity index (χ3n) is 12.4. The summed E-state index contributed by atoms with van der Waals surface area (Å²) in [4.78, 5) is 61.0. The molecule has 2 aliphatic heterocycles. The number of piperazine rings is 1. The number of benzene rings is 3. The van der Waals surface area contributed by atoms with Crippen LogP contribution < -0.4 is 35.2 Å². The van der Waals surface area contributed by atoms with E-state index in [1.807, 2.05) is 99.9 Å². The third-order valence-corrected chi connectivity index (χ3v) is 14.1. The van der Waals surface area contributed by atoms with Crippen LogP contribution in [0.2, 0.25) is 5.02 Å². The minimum Gasteiger partial charge on any atom is -0.494 e. The Morgan fingerprint density at radius 2 is 1.72 bits per heavy atom. The predicted molar refractivity (Wildman–Crippen MR) is 283 cm³/mol. The van der Waals surface area contributed by atoms with Gasteiger partial charge in [0.05, 0.1) is 72.4 Å². The highest BCUT2D eigenvalue weighted by Crippen LogP contribution is 2.35. The average Bonchev–Trinajstić information content (AvgIpc) is 4.00. The summed E-state index contributed by atoms with van der Waals surface area (Å²) in [5, 5.41) is 23.1. The number of para-hydroxylation sites is 2. The standard InChI is InChI=1S/C50H64ClN11O8S2/c1-32-44(71-31-54-32)34-13-11-33(12-14-34)27-52-47(65)41-26-36(63)29-62(41)48(66)45(50(2,3)4)57-43(64)30-70-24-23-69-22-21-60-17-19-61(20-18-60)35-15-16-39(42(25-35)68-6)56-49-53-28-37(51)46(58-49)55-38-9-7-8-10-40(38)59(5)72-67/h7-16,25,28,31,36,41,45,63,72H,17-24,26-27,29-30H2,1-6H3,(H,52,65)(H,57,64)(H2,53,55,56,58)/t36-,41-,45-/m1/s1. The molecule has 2 aliphatic rings. The zero-order chi connectivity index (χ0) is 51.4. The zero-order valence-electron chi connectivity index (χ0n) is 41.4. The van der Waals surface area contributed by atoms with Crippen molar-refractivity contribution >= 4 is 87.0 Å². The first-order valence-corrected chi connectivity index (χ1v) is 25.7. The van der Waals surface area contributed by atoms with Crippen LogP contribution in [0.5, 0.6) is 5.75 Å². The molecule has 0 bridgehead atoms. The summed E-state index contributed by atoms with van der Waals surface area (Å²) in [6.07, 6.45) is 0.730. The maximum atomic E-state index is 14.0. The lowest BCUT2D eigenvalue weighted by Gasteiger charge is -2.36. The minimum atomic E-state index is -0.963. The van der Waals surface area contributed by atoms with Crippen LogP contribution in [0, 0.1) is 12.3 Å². The molecule has 72 heavy (non-hydrogen) atoms. The minimum absolute atomic E-state index is 0.0150. The Morgan fingerprint density at radius 1 is 0.972 bits per heavy atom. The van der Waals surface area contributed by atoms with Crippen molar-refractivity contribution in [3.8, 4) is 16.2 Å². The molecule has 2 aromatic heterocycles. The summed E-state index contributed by atoms with van der Waals surface area (Å²) in [7, 11) is 3.32. The van der Waals surface area contributed by atoms with Gasteiger partial charge >= 0.3 is 0 Å². The van der Waals surface area contributed by atoms with Crippen LogP contribution in [0.4, 0.5) is 34.5 Å². The average molecular weight is 1050 g/mol. The molecule has 2 saturated heterocycles. The SMILES string of the molecule is COc1cc(N2CCN(CCOCCOCC(=O)N[C@H](C(=O)N3C[C@H](O)C[C@@H]3C(=O)NCc3ccc(-c4scnc4C)cc3)C(C)(C)C)CC2)ccc1Nc1ncc(Cl)c(Nc2ccccc2N(C)[SH]=O)n1. The number of aryl methyl sites for hydroxylation is 1. The molecule has 3 amide bonds. The molecule has 5 N–H and O–H groups in total. The quantitative estimate of drug-likeness (QED) is 0.0382. The van der Waals surface area contributed by atoms with E-state index in [2.05, 4.69) is 46.0 Å². The maximum absolute atomic E-state index is 14.0. The highest BCUT2D eigenvalue weighted by atomic mass is 35.5. The second-order valence-corrected chi connectivity index (χ2v) is 20.6. The van der Waals surface area contributed by atoms with Gasteiger partial charge in [-0.05, 0) is 47.7 Å². The number of aliphatic hydroxyl groups is 1. The van der Waals surface area contributed by atoms with E-state index in [4.69, 9.17) is 25.8 Å². The summed E-state index contributed by atoms with van der Waals surface area (Å²) in [6.45, 7) is 12.4. The number of ether oxygens (including phenoxy) is 3. The largest absolute Gasteiger partial charge is 0.494 e. The van der Waals surface area contributed by atoms with E-state index in [-0.39, 0.29) is 50.5 Å². The number of amides is 3. The van der Waals surface area contributed by atoms with Crippen LogP contribution in [0.25, 0.3) is 10.4 Å². The number of methoxy groups -OCH3 is 1. The molecule has 22 heteroatoms. The van der Waals surface area contributed by atoms with Gasteiger partial charge in [-0.15, -0.1) is 11.3 Å². The van der Waals surface area contributed by atoms with Gasteiger partial charge in [-0.25, -0.2) is 14.2 Å². The number of aromatic nitrogens is 3. The number of β-amino-alcohol motifs (C(OH)–C–C–N with tert-alkyl or cyclic N) is 1. The van der Waals surface area contributed by atoms with Gasteiger partial charge in [0.2, 0.25) is 23.7 Å². The normalized spacial score (nSPS) is 16.6. The first kappa shape index (κ1) is 53.8. The van der Waals surface area contributed by atoms with E-state index < -0.39 is 35.4 Å². The summed E-state index contributed by atoms with van der Waals surface area (Å²) in [6, 6.07) is 19.4. The Morgan fingerprint density at radius 3 is 2.43 bits per heavy atom. The predicted octanol–water partition coefficient (Wildman–Crippen LogP) is 5.32. The molecule has 4 heterocycles. The second-order valence-electron chi connectivity index (χ2n) is 18.6. The van der Waals surface area contributed by atoms with Crippen molar-refractivity contribution < 1.29 is 37.9 Å². The van der Waals surface area contributed by atoms with Crippen molar-refractivity contribution in [1.82, 2.24) is 35.4 Å². The van der Waals surface area contributed by atoms with Gasteiger partial charge in [-0.1, -0.05) is 68.8 Å². The number of carbonyl (C=O) groups excluding carboxylic acids is 3. The number of rotatable bonds is 22. The van der Waals surface area contributed by atoms with Crippen molar-refractivity contribution in [2.24, 2.45) is 5.41 Å². The molecule has 5 aromatic rings. The number of hydrogen-bond acceptors (Lipinski definition) is 16. The van der Waals surface area contributed by atoms with Gasteiger partial charge in [0, 0.05) is 71.0 Å². The van der Waals surface area contributed by atoms with E-state index in [1.165, 1.54) is 11.1 Å². The third kappa shape index (κ3) is 14.2. The summed E-state index contributed by atoms with van der Waals surface area (Å²) < 4.78 is 30.3. The van der Waals surface area contributed by atoms with Crippen molar-refractivity contribution in [3.05, 3.63) is 94.7 Å². The van der Waals surface area contributed by atoms with E-state index >= 15 is 0 Å². The number of likely N-dealkylation sites (tertiary alicyclic amines) is 1. The number of nitrogens with zero attached hydrogens (tertiary/aromatic N) is 7. The Kier molecular flexibility index (Phi) is 18.8. The first-order chi connectivity index (χ1) is 34.6. The van der Waals surface area contributed by atoms with E-state index in [1.54, 1.807) is 29.8 Å².